The van der Waals surface area contributed by atoms with E-state index in [0.29, 0.717) is 0 Å². The molecule has 0 unspecified atom stereocenters. The lowest BCUT2D eigenvalue weighted by Gasteiger charge is -2.18. The summed E-state index contributed by atoms with van der Waals surface area (Å²) in [6, 6.07) is 58.4. The summed E-state index contributed by atoms with van der Waals surface area (Å²) in [4.78, 5) is 0. The second kappa shape index (κ2) is 10.6. The van der Waals surface area contributed by atoms with E-state index in [4.69, 9.17) is 8.83 Å². The molecule has 0 atom stereocenters. The second-order valence-corrected chi connectivity index (χ2v) is 12.5. The van der Waals surface area contributed by atoms with E-state index in [2.05, 4.69) is 152 Å². The van der Waals surface area contributed by atoms with Crippen LogP contribution in [0.3, 0.4) is 0 Å². The van der Waals surface area contributed by atoms with Gasteiger partial charge in [-0.3, -0.25) is 0 Å². The van der Waals surface area contributed by atoms with Gasteiger partial charge < -0.3 is 8.83 Å². The average molecular weight is 613 g/mol. The first kappa shape index (κ1) is 26.8. The second-order valence-electron chi connectivity index (χ2n) is 12.5. The number of rotatable bonds is 4. The summed E-state index contributed by atoms with van der Waals surface area (Å²) in [5.41, 5.74) is 12.0. The van der Waals surface area contributed by atoms with Gasteiger partial charge in [0, 0.05) is 27.8 Å². The third kappa shape index (κ3) is 4.13. The number of fused-ring (bicyclic) bond motifs is 6. The summed E-state index contributed by atoms with van der Waals surface area (Å²) >= 11 is 0. The van der Waals surface area contributed by atoms with Crippen molar-refractivity contribution in [2.75, 3.05) is 0 Å². The van der Waals surface area contributed by atoms with Gasteiger partial charge in [0.1, 0.15) is 16.7 Å². The topological polar surface area (TPSA) is 26.3 Å². The van der Waals surface area contributed by atoms with Gasteiger partial charge >= 0.3 is 0 Å². The van der Waals surface area contributed by atoms with E-state index < -0.39 is 0 Å². The first-order valence-corrected chi connectivity index (χ1v) is 16.3. The van der Waals surface area contributed by atoms with Gasteiger partial charge in [0.15, 0.2) is 0 Å². The van der Waals surface area contributed by atoms with Crippen molar-refractivity contribution in [3.63, 3.8) is 0 Å². The van der Waals surface area contributed by atoms with Crippen molar-refractivity contribution in [1.29, 1.82) is 0 Å². The molecule has 8 aromatic carbocycles. The highest BCUT2D eigenvalue weighted by Gasteiger charge is 2.19. The van der Waals surface area contributed by atoms with Gasteiger partial charge in [-0.15, -0.1) is 0 Å². The van der Waals surface area contributed by atoms with Crippen molar-refractivity contribution < 1.29 is 8.83 Å². The molecular formula is C46H28O2. The zero-order valence-corrected chi connectivity index (χ0v) is 26.0. The van der Waals surface area contributed by atoms with Crippen molar-refractivity contribution in [3.05, 3.63) is 170 Å². The highest BCUT2D eigenvalue weighted by Crippen LogP contribution is 2.45. The Balaban J connectivity index is 1.18. The molecule has 0 radical (unpaired) electrons. The van der Waals surface area contributed by atoms with Crippen LogP contribution in [-0.2, 0) is 0 Å². The predicted molar refractivity (Wildman–Crippen MR) is 200 cm³/mol. The zero-order chi connectivity index (χ0) is 31.6. The van der Waals surface area contributed by atoms with Gasteiger partial charge in [0.05, 0.1) is 6.26 Å². The predicted octanol–water partition coefficient (Wildman–Crippen LogP) is 13.3. The molecule has 2 heterocycles. The molecule has 0 amide bonds. The van der Waals surface area contributed by atoms with Crippen molar-refractivity contribution in [2.24, 2.45) is 0 Å². The molecule has 2 heteroatoms. The lowest BCUT2D eigenvalue weighted by atomic mass is 9.85. The Bertz CT molecular complexity index is 2760. The lowest BCUT2D eigenvalue weighted by Crippen LogP contribution is -1.91. The van der Waals surface area contributed by atoms with Crippen LogP contribution in [0, 0.1) is 0 Å². The van der Waals surface area contributed by atoms with E-state index in [0.717, 1.165) is 49.6 Å². The molecule has 0 N–H and O–H groups in total. The fourth-order valence-electron chi connectivity index (χ4n) is 7.53. The number of furan rings is 2. The molecule has 0 saturated heterocycles. The monoisotopic (exact) mass is 612 g/mol. The number of hydrogen-bond acceptors (Lipinski definition) is 2. The standard InChI is InChI=1S/C46H28O2/c1-3-12-29(13-4-1)31-16-11-17-32(24-31)45-35-18-7-9-20-37(35)46(38-21-10-8-19-36(38)45)33-22-23-34-39-26-40-41(30-14-5-2-6-15-30)28-47-42(40)27-44(39)48-43(34)25-33/h1-28H. The maximum Gasteiger partial charge on any atom is 0.139 e. The molecule has 0 fully saturated rings. The lowest BCUT2D eigenvalue weighted by molar-refractivity contribution is 0.614. The highest BCUT2D eigenvalue weighted by atomic mass is 16.3. The van der Waals surface area contributed by atoms with Crippen LogP contribution >= 0.6 is 0 Å². The van der Waals surface area contributed by atoms with E-state index in [1.807, 2.05) is 18.4 Å². The molecule has 0 spiro atoms. The van der Waals surface area contributed by atoms with E-state index in [9.17, 15) is 0 Å². The van der Waals surface area contributed by atoms with Gasteiger partial charge in [-0.1, -0.05) is 133 Å². The Hall–Kier alpha value is -6.38. The van der Waals surface area contributed by atoms with Crippen LogP contribution in [0.15, 0.2) is 179 Å². The maximum absolute atomic E-state index is 6.55. The Labute approximate surface area is 277 Å². The van der Waals surface area contributed by atoms with Crippen molar-refractivity contribution in [3.8, 4) is 44.5 Å². The van der Waals surface area contributed by atoms with Crippen LogP contribution in [0.2, 0.25) is 0 Å². The smallest absolute Gasteiger partial charge is 0.139 e. The SMILES string of the molecule is c1ccc(-c2cccc(-c3c4ccccc4c(-c4ccc5c(c4)oc4cc6occ(-c7ccccc7)c6cc45)c4ccccc34)c2)cc1. The molecular weight excluding hydrogens is 585 g/mol. The van der Waals surface area contributed by atoms with E-state index in [-0.39, 0.29) is 0 Å². The van der Waals surface area contributed by atoms with Crippen LogP contribution in [0.5, 0.6) is 0 Å². The first-order valence-electron chi connectivity index (χ1n) is 16.3. The molecule has 0 aliphatic heterocycles. The zero-order valence-electron chi connectivity index (χ0n) is 26.0. The summed E-state index contributed by atoms with van der Waals surface area (Å²) in [6.45, 7) is 0. The van der Waals surface area contributed by atoms with Gasteiger partial charge in [-0.05, 0) is 84.8 Å². The summed E-state index contributed by atoms with van der Waals surface area (Å²) < 4.78 is 12.6. The Morgan fingerprint density at radius 2 is 0.833 bits per heavy atom. The molecule has 10 rings (SSSR count). The van der Waals surface area contributed by atoms with Gasteiger partial charge in [0.2, 0.25) is 0 Å². The average Bonchev–Trinajstić information content (AvgIpc) is 3.73. The molecule has 0 saturated carbocycles. The van der Waals surface area contributed by atoms with E-state index >= 15 is 0 Å². The number of benzene rings is 8. The van der Waals surface area contributed by atoms with Crippen LogP contribution in [0.1, 0.15) is 0 Å². The quantitative estimate of drug-likeness (QED) is 0.185. The van der Waals surface area contributed by atoms with Crippen molar-refractivity contribution >= 4 is 54.5 Å². The summed E-state index contributed by atoms with van der Waals surface area (Å²) in [6.07, 6.45) is 1.84. The Morgan fingerprint density at radius 3 is 1.50 bits per heavy atom. The van der Waals surface area contributed by atoms with Crippen LogP contribution in [0.4, 0.5) is 0 Å². The molecule has 2 nitrogen and oxygen atoms in total. The van der Waals surface area contributed by atoms with Gasteiger partial charge in [-0.25, -0.2) is 0 Å². The van der Waals surface area contributed by atoms with Crippen LogP contribution in [-0.4, -0.2) is 0 Å². The molecule has 224 valence electrons. The molecule has 2 aromatic heterocycles. The fraction of sp³-hybridized carbons (Fsp3) is 0. The minimum atomic E-state index is 0.824. The minimum absolute atomic E-state index is 0.824. The van der Waals surface area contributed by atoms with Crippen molar-refractivity contribution in [1.82, 2.24) is 0 Å². The van der Waals surface area contributed by atoms with Crippen LogP contribution < -0.4 is 0 Å². The molecule has 48 heavy (non-hydrogen) atoms. The third-order valence-electron chi connectivity index (χ3n) is 9.73. The van der Waals surface area contributed by atoms with E-state index in [1.54, 1.807) is 0 Å². The molecule has 0 aliphatic carbocycles. The minimum Gasteiger partial charge on any atom is -0.464 e. The molecule has 0 aliphatic rings. The number of hydrogen-bond donors (Lipinski definition) is 0. The Kier molecular flexibility index (Phi) is 5.91. The largest absolute Gasteiger partial charge is 0.464 e. The third-order valence-corrected chi connectivity index (χ3v) is 9.73. The summed E-state index contributed by atoms with van der Waals surface area (Å²) in [5.74, 6) is 0. The van der Waals surface area contributed by atoms with Crippen LogP contribution in [0.25, 0.3) is 99.0 Å². The van der Waals surface area contributed by atoms with Gasteiger partial charge in [-0.2, -0.15) is 0 Å². The summed E-state index contributed by atoms with van der Waals surface area (Å²) in [5, 5.41) is 8.17. The molecule has 10 aromatic rings. The molecule has 0 bridgehead atoms. The normalized spacial score (nSPS) is 11.8. The summed E-state index contributed by atoms with van der Waals surface area (Å²) in [7, 11) is 0. The van der Waals surface area contributed by atoms with Gasteiger partial charge in [0.25, 0.3) is 0 Å². The van der Waals surface area contributed by atoms with E-state index in [1.165, 1.54) is 49.4 Å². The fourth-order valence-corrected chi connectivity index (χ4v) is 7.53. The highest BCUT2D eigenvalue weighted by molar-refractivity contribution is 6.22. The van der Waals surface area contributed by atoms with Crippen molar-refractivity contribution in [2.45, 2.75) is 0 Å². The Morgan fingerprint density at radius 1 is 0.292 bits per heavy atom. The first-order chi connectivity index (χ1) is 23.8. The maximum atomic E-state index is 6.55.